The molecule has 0 aliphatic heterocycles. The summed E-state index contributed by atoms with van der Waals surface area (Å²) in [4.78, 5) is 18.5. The normalized spacial score (nSPS) is 10.6. The Morgan fingerprint density at radius 1 is 1.47 bits per heavy atom. The maximum Gasteiger partial charge on any atom is 0.338 e. The minimum absolute atomic E-state index is 0.132. The van der Waals surface area contributed by atoms with Crippen LogP contribution in [0.4, 0.5) is 0 Å². The third-order valence-electron chi connectivity index (χ3n) is 1.63. The molecule has 4 nitrogen and oxygen atoms in total. The second-order valence-corrected chi connectivity index (χ2v) is 4.63. The van der Waals surface area contributed by atoms with Crippen LogP contribution >= 0.6 is 11.8 Å². The number of carboxylic acid groups (broad SMARTS) is 1. The zero-order valence-electron chi connectivity index (χ0n) is 8.80. The number of aromatic carboxylic acids is 1. The third-order valence-corrected chi connectivity index (χ3v) is 3.00. The number of rotatable bonds is 5. The molecular formula is C10H14N2O2S. The van der Waals surface area contributed by atoms with Crippen LogP contribution in [0.15, 0.2) is 12.4 Å². The summed E-state index contributed by atoms with van der Waals surface area (Å²) in [6.45, 7) is 4.31. The first-order valence-electron chi connectivity index (χ1n) is 4.71. The summed E-state index contributed by atoms with van der Waals surface area (Å²) in [5.74, 6) is 2.14. The Labute approximate surface area is 93.1 Å². The number of thioether (sulfide) groups is 1. The summed E-state index contributed by atoms with van der Waals surface area (Å²) in [5.41, 5.74) is 0.132. The van der Waals surface area contributed by atoms with E-state index in [9.17, 15) is 4.79 Å². The predicted molar refractivity (Wildman–Crippen MR) is 60.0 cm³/mol. The standard InChI is InChI=1S/C10H14N2O2S/c1-7(2)5-15-6-9-11-3-8(4-12-9)10(13)14/h3-4,7H,5-6H2,1-2H3,(H,13,14). The SMILES string of the molecule is CC(C)CSCc1ncc(C(=O)O)cn1. The van der Waals surface area contributed by atoms with E-state index in [0.717, 1.165) is 11.5 Å². The van der Waals surface area contributed by atoms with E-state index in [1.54, 1.807) is 11.8 Å². The lowest BCUT2D eigenvalue weighted by atomic mass is 10.3. The maximum atomic E-state index is 10.5. The quantitative estimate of drug-likeness (QED) is 0.832. The van der Waals surface area contributed by atoms with E-state index >= 15 is 0 Å². The maximum absolute atomic E-state index is 10.5. The number of carbonyl (C=O) groups is 1. The van der Waals surface area contributed by atoms with E-state index in [1.165, 1.54) is 12.4 Å². The van der Waals surface area contributed by atoms with Crippen LogP contribution in [0.25, 0.3) is 0 Å². The highest BCUT2D eigenvalue weighted by atomic mass is 32.2. The van der Waals surface area contributed by atoms with Crippen molar-refractivity contribution in [2.45, 2.75) is 19.6 Å². The number of nitrogens with zero attached hydrogens (tertiary/aromatic N) is 2. The van der Waals surface area contributed by atoms with Gasteiger partial charge >= 0.3 is 5.97 Å². The molecule has 0 fully saturated rings. The monoisotopic (exact) mass is 226 g/mol. The Hall–Kier alpha value is -1.10. The highest BCUT2D eigenvalue weighted by molar-refractivity contribution is 7.98. The topological polar surface area (TPSA) is 63.1 Å². The molecule has 1 aromatic heterocycles. The first kappa shape index (κ1) is 12.0. The molecule has 0 aliphatic rings. The Bertz CT molecular complexity index is 325. The van der Waals surface area contributed by atoms with Crippen molar-refractivity contribution >= 4 is 17.7 Å². The van der Waals surface area contributed by atoms with Gasteiger partial charge in [0.15, 0.2) is 0 Å². The molecule has 15 heavy (non-hydrogen) atoms. The fraction of sp³-hybridized carbons (Fsp3) is 0.500. The first-order valence-corrected chi connectivity index (χ1v) is 5.87. The summed E-state index contributed by atoms with van der Waals surface area (Å²) in [5, 5.41) is 8.64. The van der Waals surface area contributed by atoms with Crippen LogP contribution in [0, 0.1) is 5.92 Å². The van der Waals surface area contributed by atoms with Crippen molar-refractivity contribution in [2.24, 2.45) is 5.92 Å². The van der Waals surface area contributed by atoms with Gasteiger partial charge in [-0.25, -0.2) is 14.8 Å². The van der Waals surface area contributed by atoms with Crippen molar-refractivity contribution in [1.29, 1.82) is 0 Å². The van der Waals surface area contributed by atoms with Crippen LogP contribution in [-0.4, -0.2) is 26.8 Å². The van der Waals surface area contributed by atoms with E-state index in [-0.39, 0.29) is 5.56 Å². The van der Waals surface area contributed by atoms with Gasteiger partial charge in [-0.3, -0.25) is 0 Å². The van der Waals surface area contributed by atoms with Gasteiger partial charge in [-0.2, -0.15) is 11.8 Å². The molecule has 1 rings (SSSR count). The zero-order chi connectivity index (χ0) is 11.3. The second-order valence-electron chi connectivity index (χ2n) is 3.60. The number of hydrogen-bond donors (Lipinski definition) is 1. The minimum atomic E-state index is -0.989. The molecule has 0 bridgehead atoms. The summed E-state index contributed by atoms with van der Waals surface area (Å²) in [6, 6.07) is 0. The molecule has 5 heteroatoms. The van der Waals surface area contributed by atoms with E-state index < -0.39 is 5.97 Å². The van der Waals surface area contributed by atoms with Gasteiger partial charge in [0.2, 0.25) is 0 Å². The highest BCUT2D eigenvalue weighted by Gasteiger charge is 2.04. The van der Waals surface area contributed by atoms with Crippen LogP contribution in [0.3, 0.4) is 0 Å². The summed E-state index contributed by atoms with van der Waals surface area (Å²) in [6.07, 6.45) is 2.70. The van der Waals surface area contributed by atoms with Gasteiger partial charge in [0.1, 0.15) is 5.82 Å². The van der Waals surface area contributed by atoms with Crippen molar-refractivity contribution in [3.63, 3.8) is 0 Å². The predicted octanol–water partition coefficient (Wildman–Crippen LogP) is 2.06. The second kappa shape index (κ2) is 5.70. The minimum Gasteiger partial charge on any atom is -0.478 e. The lowest BCUT2D eigenvalue weighted by Gasteiger charge is -2.03. The molecule has 0 radical (unpaired) electrons. The van der Waals surface area contributed by atoms with Gasteiger partial charge in [-0.1, -0.05) is 13.8 Å². The highest BCUT2D eigenvalue weighted by Crippen LogP contribution is 2.12. The molecule has 82 valence electrons. The molecule has 0 amide bonds. The van der Waals surface area contributed by atoms with E-state index in [0.29, 0.717) is 11.7 Å². The fourth-order valence-corrected chi connectivity index (χ4v) is 1.85. The molecule has 1 aromatic rings. The van der Waals surface area contributed by atoms with E-state index in [4.69, 9.17) is 5.11 Å². The molecule has 0 aromatic carbocycles. The molecule has 1 N–H and O–H groups in total. The van der Waals surface area contributed by atoms with Gasteiger partial charge in [-0.05, 0) is 11.7 Å². The van der Waals surface area contributed by atoms with Gasteiger partial charge in [0.05, 0.1) is 11.3 Å². The first-order chi connectivity index (χ1) is 7.09. The smallest absolute Gasteiger partial charge is 0.338 e. The summed E-state index contributed by atoms with van der Waals surface area (Å²) in [7, 11) is 0. The number of hydrogen-bond acceptors (Lipinski definition) is 4. The lowest BCUT2D eigenvalue weighted by molar-refractivity contribution is 0.0696. The molecule has 0 unspecified atom stereocenters. The van der Waals surface area contributed by atoms with Gasteiger partial charge < -0.3 is 5.11 Å². The van der Waals surface area contributed by atoms with Crippen molar-refractivity contribution < 1.29 is 9.90 Å². The molecule has 1 heterocycles. The molecular weight excluding hydrogens is 212 g/mol. The Morgan fingerprint density at radius 2 is 2.07 bits per heavy atom. The van der Waals surface area contributed by atoms with Crippen LogP contribution in [-0.2, 0) is 5.75 Å². The Balaban J connectivity index is 2.46. The van der Waals surface area contributed by atoms with E-state index in [2.05, 4.69) is 23.8 Å². The van der Waals surface area contributed by atoms with Crippen LogP contribution in [0.5, 0.6) is 0 Å². The lowest BCUT2D eigenvalue weighted by Crippen LogP contribution is -2.01. The van der Waals surface area contributed by atoms with E-state index in [1.807, 2.05) is 0 Å². The molecule has 0 saturated heterocycles. The Kier molecular flexibility index (Phi) is 4.55. The van der Waals surface area contributed by atoms with Crippen molar-refractivity contribution in [1.82, 2.24) is 9.97 Å². The van der Waals surface area contributed by atoms with Crippen molar-refractivity contribution in [3.8, 4) is 0 Å². The molecule has 0 saturated carbocycles. The Morgan fingerprint density at radius 3 is 2.53 bits per heavy atom. The molecule has 0 spiro atoms. The van der Waals surface area contributed by atoms with Crippen LogP contribution in [0.2, 0.25) is 0 Å². The van der Waals surface area contributed by atoms with Gasteiger partial charge in [-0.15, -0.1) is 0 Å². The average Bonchev–Trinajstić information content (AvgIpc) is 2.18. The number of carboxylic acids is 1. The number of aromatic nitrogens is 2. The van der Waals surface area contributed by atoms with Crippen molar-refractivity contribution in [2.75, 3.05) is 5.75 Å². The molecule has 0 atom stereocenters. The largest absolute Gasteiger partial charge is 0.478 e. The molecule has 0 aliphatic carbocycles. The van der Waals surface area contributed by atoms with Gasteiger partial charge in [0.25, 0.3) is 0 Å². The fourth-order valence-electron chi connectivity index (χ4n) is 0.926. The average molecular weight is 226 g/mol. The van der Waals surface area contributed by atoms with Crippen molar-refractivity contribution in [3.05, 3.63) is 23.8 Å². The third kappa shape index (κ3) is 4.29. The zero-order valence-corrected chi connectivity index (χ0v) is 9.62. The summed E-state index contributed by atoms with van der Waals surface area (Å²) < 4.78 is 0. The van der Waals surface area contributed by atoms with Crippen LogP contribution < -0.4 is 0 Å². The summed E-state index contributed by atoms with van der Waals surface area (Å²) >= 11 is 1.76. The van der Waals surface area contributed by atoms with Gasteiger partial charge in [0, 0.05) is 12.4 Å². The van der Waals surface area contributed by atoms with Crippen LogP contribution in [0.1, 0.15) is 30.0 Å².